The summed E-state index contributed by atoms with van der Waals surface area (Å²) in [6, 6.07) is 21.8. The Balaban J connectivity index is 1.71. The Labute approximate surface area is 147 Å². The summed E-state index contributed by atoms with van der Waals surface area (Å²) in [7, 11) is 0. The summed E-state index contributed by atoms with van der Waals surface area (Å²) in [5, 5.41) is 2.66. The number of hydrogen-bond donors (Lipinski definition) is 1. The van der Waals surface area contributed by atoms with Crippen LogP contribution in [0.15, 0.2) is 60.7 Å². The number of anilines is 3. The molecule has 124 valence electrons. The van der Waals surface area contributed by atoms with E-state index in [2.05, 4.69) is 71.0 Å². The van der Waals surface area contributed by atoms with Crippen molar-refractivity contribution in [2.75, 3.05) is 17.2 Å². The Bertz CT molecular complexity index is 1110. The minimum atomic E-state index is 0.849. The van der Waals surface area contributed by atoms with Crippen LogP contribution in [0.1, 0.15) is 12.5 Å². The largest absolute Gasteiger partial charge is 0.399 e. The molecule has 0 spiro atoms. The maximum Gasteiger partial charge on any atom is 0.0492 e. The van der Waals surface area contributed by atoms with Crippen LogP contribution in [-0.4, -0.2) is 11.1 Å². The molecule has 0 aliphatic carbocycles. The van der Waals surface area contributed by atoms with Crippen molar-refractivity contribution < 1.29 is 0 Å². The fourth-order valence-electron chi connectivity index (χ4n) is 4.24. The number of hydrogen-bond acceptors (Lipinski definition) is 2. The summed E-state index contributed by atoms with van der Waals surface area (Å²) in [6.45, 7) is 4.20. The molecule has 0 atom stereocenters. The zero-order chi connectivity index (χ0) is 17.0. The Morgan fingerprint density at radius 3 is 2.64 bits per heavy atom. The molecular weight excluding hydrogens is 306 g/mol. The zero-order valence-electron chi connectivity index (χ0n) is 14.4. The molecule has 4 aromatic rings. The highest BCUT2D eigenvalue weighted by Gasteiger charge is 2.21. The van der Waals surface area contributed by atoms with Crippen LogP contribution in [0.3, 0.4) is 0 Å². The third kappa shape index (κ3) is 2.05. The van der Waals surface area contributed by atoms with Crippen molar-refractivity contribution in [2.24, 2.45) is 0 Å². The lowest BCUT2D eigenvalue weighted by atomic mass is 10.1. The van der Waals surface area contributed by atoms with Gasteiger partial charge in [-0.1, -0.05) is 18.2 Å². The molecule has 1 aliphatic rings. The van der Waals surface area contributed by atoms with Crippen molar-refractivity contribution in [2.45, 2.75) is 19.9 Å². The number of rotatable bonds is 2. The van der Waals surface area contributed by atoms with Crippen LogP contribution in [0.5, 0.6) is 0 Å². The van der Waals surface area contributed by atoms with E-state index in [1.807, 2.05) is 6.07 Å². The molecule has 2 N–H and O–H groups in total. The molecule has 2 heterocycles. The predicted molar refractivity (Wildman–Crippen MR) is 107 cm³/mol. The van der Waals surface area contributed by atoms with Gasteiger partial charge in [-0.2, -0.15) is 0 Å². The molecule has 0 amide bonds. The molecule has 3 aromatic carbocycles. The van der Waals surface area contributed by atoms with E-state index in [0.29, 0.717) is 0 Å². The minimum Gasteiger partial charge on any atom is -0.399 e. The third-order valence-corrected chi connectivity index (χ3v) is 5.38. The third-order valence-electron chi connectivity index (χ3n) is 5.38. The smallest absolute Gasteiger partial charge is 0.0492 e. The maximum absolute atomic E-state index is 5.95. The van der Waals surface area contributed by atoms with E-state index in [1.54, 1.807) is 0 Å². The van der Waals surface area contributed by atoms with Crippen LogP contribution in [0.2, 0.25) is 0 Å². The number of nitrogen functional groups attached to an aromatic ring is 1. The number of aryl methyl sites for hydroxylation is 1. The first-order valence-corrected chi connectivity index (χ1v) is 8.93. The molecule has 5 rings (SSSR count). The lowest BCUT2D eigenvalue weighted by Crippen LogP contribution is -2.13. The first-order valence-electron chi connectivity index (χ1n) is 8.93. The highest BCUT2D eigenvalue weighted by molar-refractivity contribution is 6.09. The number of aromatic nitrogens is 1. The summed E-state index contributed by atoms with van der Waals surface area (Å²) in [5.74, 6) is 0. The van der Waals surface area contributed by atoms with Crippen molar-refractivity contribution in [3.05, 3.63) is 66.2 Å². The van der Waals surface area contributed by atoms with Crippen molar-refractivity contribution in [1.82, 2.24) is 4.57 Å². The Hall–Kier alpha value is -2.94. The van der Waals surface area contributed by atoms with E-state index >= 15 is 0 Å². The number of nitrogens with zero attached hydrogens (tertiary/aromatic N) is 2. The van der Waals surface area contributed by atoms with Gasteiger partial charge in [0.15, 0.2) is 0 Å². The second-order valence-corrected chi connectivity index (χ2v) is 6.75. The predicted octanol–water partition coefficient (Wildman–Crippen LogP) is 5.09. The van der Waals surface area contributed by atoms with Crippen molar-refractivity contribution in [3.8, 4) is 0 Å². The second kappa shape index (κ2) is 5.28. The molecule has 0 fully saturated rings. The van der Waals surface area contributed by atoms with Gasteiger partial charge in [-0.3, -0.25) is 0 Å². The Morgan fingerprint density at radius 2 is 1.76 bits per heavy atom. The van der Waals surface area contributed by atoms with Gasteiger partial charge in [0.25, 0.3) is 0 Å². The lowest BCUT2D eigenvalue weighted by Gasteiger charge is -2.20. The van der Waals surface area contributed by atoms with Gasteiger partial charge in [0.05, 0.1) is 0 Å². The van der Waals surface area contributed by atoms with Gasteiger partial charge in [0.1, 0.15) is 0 Å². The molecule has 1 aromatic heterocycles. The summed E-state index contributed by atoms with van der Waals surface area (Å²) in [4.78, 5) is 2.41. The highest BCUT2D eigenvalue weighted by atomic mass is 15.2. The molecule has 1 aliphatic heterocycles. The van der Waals surface area contributed by atoms with Crippen LogP contribution in [-0.2, 0) is 13.0 Å². The first kappa shape index (κ1) is 14.4. The normalized spacial score (nSPS) is 13.7. The number of nitrogens with two attached hydrogens (primary N) is 1. The van der Waals surface area contributed by atoms with Gasteiger partial charge in [0.2, 0.25) is 0 Å². The van der Waals surface area contributed by atoms with E-state index in [-0.39, 0.29) is 0 Å². The summed E-state index contributed by atoms with van der Waals surface area (Å²) < 4.78 is 2.40. The van der Waals surface area contributed by atoms with Gasteiger partial charge < -0.3 is 15.2 Å². The van der Waals surface area contributed by atoms with E-state index in [4.69, 9.17) is 5.73 Å². The minimum absolute atomic E-state index is 0.849. The second-order valence-electron chi connectivity index (χ2n) is 6.75. The van der Waals surface area contributed by atoms with Crippen LogP contribution in [0, 0.1) is 0 Å². The molecule has 0 radical (unpaired) electrons. The highest BCUT2D eigenvalue weighted by Crippen LogP contribution is 2.38. The topological polar surface area (TPSA) is 34.2 Å². The standard InChI is InChI=1S/C22H21N3/c1-2-24-21-6-4-3-5-18(21)19-14-17(8-10-22(19)24)25-12-11-15-13-16(23)7-9-20(15)25/h3-10,13-14H,2,11-12,23H2,1H3. The molecular formula is C22H21N3. The van der Waals surface area contributed by atoms with Gasteiger partial charge >= 0.3 is 0 Å². The molecule has 0 saturated heterocycles. The lowest BCUT2D eigenvalue weighted by molar-refractivity contribution is 0.827. The number of benzene rings is 3. The van der Waals surface area contributed by atoms with E-state index < -0.39 is 0 Å². The molecule has 3 nitrogen and oxygen atoms in total. The monoisotopic (exact) mass is 327 g/mol. The molecule has 0 bridgehead atoms. The van der Waals surface area contributed by atoms with Crippen LogP contribution in [0.25, 0.3) is 21.8 Å². The maximum atomic E-state index is 5.95. The fourth-order valence-corrected chi connectivity index (χ4v) is 4.24. The van der Waals surface area contributed by atoms with Crippen LogP contribution >= 0.6 is 0 Å². The molecule has 25 heavy (non-hydrogen) atoms. The Kier molecular flexibility index (Phi) is 3.04. The molecule has 0 unspecified atom stereocenters. The fraction of sp³-hybridized carbons (Fsp3) is 0.182. The van der Waals surface area contributed by atoms with Gasteiger partial charge in [-0.05, 0) is 61.4 Å². The summed E-state index contributed by atoms with van der Waals surface area (Å²) >= 11 is 0. The SMILES string of the molecule is CCn1c2ccccc2c2cc(N3CCc4cc(N)ccc43)ccc21. The summed E-state index contributed by atoms with van der Waals surface area (Å²) in [6.07, 6.45) is 1.05. The van der Waals surface area contributed by atoms with E-state index in [0.717, 1.165) is 25.2 Å². The average molecular weight is 327 g/mol. The van der Waals surface area contributed by atoms with Gasteiger partial charge in [0, 0.05) is 52.0 Å². The number of fused-ring (bicyclic) bond motifs is 4. The van der Waals surface area contributed by atoms with Crippen molar-refractivity contribution in [3.63, 3.8) is 0 Å². The van der Waals surface area contributed by atoms with Crippen LogP contribution in [0.4, 0.5) is 17.1 Å². The first-order chi connectivity index (χ1) is 12.3. The molecule has 3 heteroatoms. The Morgan fingerprint density at radius 1 is 0.920 bits per heavy atom. The number of para-hydroxylation sites is 1. The average Bonchev–Trinajstić information content (AvgIpc) is 3.19. The van der Waals surface area contributed by atoms with Crippen LogP contribution < -0.4 is 10.6 Å². The van der Waals surface area contributed by atoms with Gasteiger partial charge in [-0.15, -0.1) is 0 Å². The van der Waals surface area contributed by atoms with Gasteiger partial charge in [-0.25, -0.2) is 0 Å². The zero-order valence-corrected chi connectivity index (χ0v) is 14.4. The molecule has 0 saturated carbocycles. The van der Waals surface area contributed by atoms with Crippen molar-refractivity contribution >= 4 is 38.9 Å². The van der Waals surface area contributed by atoms with Crippen molar-refractivity contribution in [1.29, 1.82) is 0 Å². The van der Waals surface area contributed by atoms with E-state index in [1.165, 1.54) is 38.7 Å². The quantitative estimate of drug-likeness (QED) is 0.520. The van der Waals surface area contributed by atoms with E-state index in [9.17, 15) is 0 Å². The summed E-state index contributed by atoms with van der Waals surface area (Å²) in [5.41, 5.74) is 13.3.